The van der Waals surface area contributed by atoms with Gasteiger partial charge in [0.05, 0.1) is 6.42 Å². The molecule has 8 heteroatoms. The molecule has 1 unspecified atom stereocenters. The van der Waals surface area contributed by atoms with Crippen molar-refractivity contribution in [3.05, 3.63) is 59.2 Å². The summed E-state index contributed by atoms with van der Waals surface area (Å²) in [7, 11) is 0. The quantitative estimate of drug-likeness (QED) is 0.471. The number of aliphatic imine (C=N–C) groups is 2. The molecule has 0 fully saturated rings. The van der Waals surface area contributed by atoms with Crippen LogP contribution in [0.3, 0.4) is 0 Å². The molecule has 2 aromatic rings. The van der Waals surface area contributed by atoms with E-state index in [1.54, 1.807) is 0 Å². The zero-order valence-corrected chi connectivity index (χ0v) is 16.6. The van der Waals surface area contributed by atoms with Crippen LogP contribution in [-0.4, -0.2) is 29.8 Å². The van der Waals surface area contributed by atoms with Gasteiger partial charge in [-0.2, -0.15) is 4.99 Å². The number of guanidine groups is 2. The number of aryl methyl sites for hydroxylation is 3. The van der Waals surface area contributed by atoms with Gasteiger partial charge in [-0.15, -0.1) is 0 Å². The van der Waals surface area contributed by atoms with Crippen LogP contribution >= 0.6 is 0 Å². The van der Waals surface area contributed by atoms with Gasteiger partial charge in [0, 0.05) is 11.4 Å². The third-order valence-electron chi connectivity index (χ3n) is 4.38. The first-order valence-electron chi connectivity index (χ1n) is 9.24. The van der Waals surface area contributed by atoms with E-state index in [0.29, 0.717) is 0 Å². The van der Waals surface area contributed by atoms with Crippen molar-refractivity contribution < 1.29 is 9.59 Å². The number of amides is 2. The van der Waals surface area contributed by atoms with Crippen molar-refractivity contribution in [3.63, 3.8) is 0 Å². The molecule has 1 aliphatic rings. The molecule has 3 rings (SSSR count). The second-order valence-corrected chi connectivity index (χ2v) is 7.02. The Morgan fingerprint density at radius 1 is 1.14 bits per heavy atom. The minimum atomic E-state index is -0.842. The summed E-state index contributed by atoms with van der Waals surface area (Å²) in [6, 6.07) is 12.6. The predicted molar refractivity (Wildman–Crippen MR) is 115 cm³/mol. The van der Waals surface area contributed by atoms with Gasteiger partial charge in [0.2, 0.25) is 17.8 Å². The molecule has 0 bridgehead atoms. The van der Waals surface area contributed by atoms with Gasteiger partial charge in [0.1, 0.15) is 6.04 Å². The fourth-order valence-corrected chi connectivity index (χ4v) is 2.89. The van der Waals surface area contributed by atoms with Crippen LogP contribution in [-0.2, 0) is 9.59 Å². The Labute approximate surface area is 169 Å². The van der Waals surface area contributed by atoms with Crippen LogP contribution in [0.25, 0.3) is 0 Å². The van der Waals surface area contributed by atoms with Crippen molar-refractivity contribution in [2.45, 2.75) is 33.2 Å². The minimum absolute atomic E-state index is 0.0799. The summed E-state index contributed by atoms with van der Waals surface area (Å²) in [5, 5.41) is 8.32. The van der Waals surface area contributed by atoms with Gasteiger partial charge in [-0.05, 0) is 55.7 Å². The van der Waals surface area contributed by atoms with Crippen molar-refractivity contribution in [3.8, 4) is 0 Å². The number of rotatable bonds is 4. The maximum absolute atomic E-state index is 12.3. The summed E-state index contributed by atoms with van der Waals surface area (Å²) in [4.78, 5) is 32.8. The fraction of sp³-hybridized carbons (Fsp3) is 0.238. The van der Waals surface area contributed by atoms with Crippen LogP contribution in [0.5, 0.6) is 0 Å². The van der Waals surface area contributed by atoms with Crippen LogP contribution in [0, 0.1) is 20.8 Å². The minimum Gasteiger partial charge on any atom is -0.369 e. The number of benzene rings is 2. The van der Waals surface area contributed by atoms with E-state index in [1.165, 1.54) is 0 Å². The summed E-state index contributed by atoms with van der Waals surface area (Å²) in [6.07, 6.45) is -0.0799. The molecule has 150 valence electrons. The van der Waals surface area contributed by atoms with Crippen molar-refractivity contribution in [1.29, 1.82) is 0 Å². The van der Waals surface area contributed by atoms with E-state index in [2.05, 4.69) is 25.9 Å². The summed E-state index contributed by atoms with van der Waals surface area (Å²) >= 11 is 0. The lowest BCUT2D eigenvalue weighted by atomic mass is 10.1. The first-order chi connectivity index (χ1) is 13.8. The Bertz CT molecular complexity index is 1010. The highest BCUT2D eigenvalue weighted by Gasteiger charge is 2.28. The highest BCUT2D eigenvalue weighted by molar-refractivity contribution is 6.11. The molecule has 0 saturated heterocycles. The molecule has 2 aromatic carbocycles. The smallest absolute Gasteiger partial charge is 0.252 e. The molecular weight excluding hydrogens is 368 g/mol. The Balaban J connectivity index is 1.63. The summed E-state index contributed by atoms with van der Waals surface area (Å²) < 4.78 is 0. The lowest BCUT2D eigenvalue weighted by Crippen LogP contribution is -2.32. The number of nitrogens with one attached hydrogen (secondary N) is 3. The number of anilines is 2. The third-order valence-corrected chi connectivity index (χ3v) is 4.38. The van der Waals surface area contributed by atoms with E-state index in [4.69, 9.17) is 5.73 Å². The Morgan fingerprint density at radius 3 is 2.66 bits per heavy atom. The van der Waals surface area contributed by atoms with Crippen LogP contribution in [0.2, 0.25) is 0 Å². The Hall–Kier alpha value is -3.68. The van der Waals surface area contributed by atoms with E-state index in [1.807, 2.05) is 63.2 Å². The summed E-state index contributed by atoms with van der Waals surface area (Å²) in [5.74, 6) is -0.505. The van der Waals surface area contributed by atoms with Gasteiger partial charge in [0.25, 0.3) is 5.91 Å². The maximum Gasteiger partial charge on any atom is 0.252 e. The van der Waals surface area contributed by atoms with Gasteiger partial charge >= 0.3 is 0 Å². The average molecular weight is 392 g/mol. The SMILES string of the molecule is Cc1cccc(N/C(N)=N/C2=NC(CC(=O)Nc3cc(C)ccc3C)C(=O)N2)c1. The topological polar surface area (TPSA) is 121 Å². The predicted octanol–water partition coefficient (Wildman–Crippen LogP) is 2.22. The Kier molecular flexibility index (Phi) is 5.92. The number of carbonyl (C=O) groups excluding carboxylic acids is 2. The molecule has 0 aliphatic carbocycles. The van der Waals surface area contributed by atoms with Gasteiger partial charge in [-0.3, -0.25) is 14.9 Å². The molecule has 0 radical (unpaired) electrons. The molecule has 1 heterocycles. The summed E-state index contributed by atoms with van der Waals surface area (Å²) in [5.41, 5.74) is 10.4. The maximum atomic E-state index is 12.3. The molecular formula is C21H24N6O2. The number of hydrogen-bond acceptors (Lipinski definition) is 4. The summed E-state index contributed by atoms with van der Waals surface area (Å²) in [6.45, 7) is 5.82. The molecule has 5 N–H and O–H groups in total. The first kappa shape index (κ1) is 20.1. The van der Waals surface area contributed by atoms with Crippen LogP contribution < -0.4 is 21.7 Å². The molecule has 1 atom stereocenters. The van der Waals surface area contributed by atoms with E-state index < -0.39 is 6.04 Å². The fourth-order valence-electron chi connectivity index (χ4n) is 2.89. The van der Waals surface area contributed by atoms with Crippen molar-refractivity contribution in [1.82, 2.24) is 5.32 Å². The second-order valence-electron chi connectivity index (χ2n) is 7.02. The van der Waals surface area contributed by atoms with Crippen molar-refractivity contribution in [2.75, 3.05) is 10.6 Å². The van der Waals surface area contributed by atoms with E-state index >= 15 is 0 Å². The third kappa shape index (κ3) is 5.41. The standard InChI is InChI=1S/C21H24N6O2/c1-12-5-4-6-15(9-12)23-20(22)27-21-25-17(19(29)26-21)11-18(28)24-16-10-13(2)7-8-14(16)3/h4-10,17H,11H2,1-3H3,(H,24,28)(H4,22,23,25,26,27,29). The number of carbonyl (C=O) groups is 2. The molecule has 0 aromatic heterocycles. The molecule has 1 aliphatic heterocycles. The Morgan fingerprint density at radius 2 is 1.90 bits per heavy atom. The number of nitrogens with zero attached hydrogens (tertiary/aromatic N) is 2. The van der Waals surface area contributed by atoms with Crippen LogP contribution in [0.1, 0.15) is 23.1 Å². The zero-order chi connectivity index (χ0) is 21.0. The van der Waals surface area contributed by atoms with Gasteiger partial charge in [-0.25, -0.2) is 4.99 Å². The second kappa shape index (κ2) is 8.55. The molecule has 0 spiro atoms. The highest BCUT2D eigenvalue weighted by Crippen LogP contribution is 2.17. The lowest BCUT2D eigenvalue weighted by Gasteiger charge is -2.10. The van der Waals surface area contributed by atoms with E-state index in [-0.39, 0.29) is 30.2 Å². The normalized spacial score (nSPS) is 16.2. The monoisotopic (exact) mass is 392 g/mol. The van der Waals surface area contributed by atoms with Gasteiger partial charge in [0.15, 0.2) is 0 Å². The first-order valence-corrected chi connectivity index (χ1v) is 9.24. The lowest BCUT2D eigenvalue weighted by molar-refractivity contribution is -0.123. The highest BCUT2D eigenvalue weighted by atomic mass is 16.2. The molecule has 0 saturated carbocycles. The number of nitrogens with two attached hydrogens (primary N) is 1. The largest absolute Gasteiger partial charge is 0.369 e. The zero-order valence-electron chi connectivity index (χ0n) is 16.6. The van der Waals surface area contributed by atoms with Crippen LogP contribution in [0.4, 0.5) is 11.4 Å². The molecule has 8 nitrogen and oxygen atoms in total. The average Bonchev–Trinajstić information content (AvgIpc) is 2.96. The van der Waals surface area contributed by atoms with E-state index in [9.17, 15) is 9.59 Å². The van der Waals surface area contributed by atoms with Gasteiger partial charge in [-0.1, -0.05) is 24.3 Å². The van der Waals surface area contributed by atoms with Crippen molar-refractivity contribution >= 4 is 35.1 Å². The molecule has 2 amide bonds. The van der Waals surface area contributed by atoms with Gasteiger partial charge < -0.3 is 16.4 Å². The number of hydrogen-bond donors (Lipinski definition) is 4. The van der Waals surface area contributed by atoms with E-state index in [0.717, 1.165) is 28.1 Å². The van der Waals surface area contributed by atoms with Crippen LogP contribution in [0.15, 0.2) is 52.4 Å². The van der Waals surface area contributed by atoms with Crippen molar-refractivity contribution in [2.24, 2.45) is 15.7 Å². The molecule has 29 heavy (non-hydrogen) atoms.